The highest BCUT2D eigenvalue weighted by atomic mass is 35.5. The highest BCUT2D eigenvalue weighted by Gasteiger charge is 2.11. The first-order chi connectivity index (χ1) is 12.7. The summed E-state index contributed by atoms with van der Waals surface area (Å²) in [4.78, 5) is 4.21. The molecule has 0 saturated heterocycles. The highest BCUT2D eigenvalue weighted by molar-refractivity contribution is 6.32. The Morgan fingerprint density at radius 1 is 1.15 bits per heavy atom. The second kappa shape index (κ2) is 13.5. The molecule has 0 aromatic heterocycles. The van der Waals surface area contributed by atoms with Gasteiger partial charge in [-0.25, -0.2) is 0 Å². The van der Waals surface area contributed by atoms with Crippen LogP contribution in [0, 0.1) is 0 Å². The van der Waals surface area contributed by atoms with Crippen molar-refractivity contribution in [3.63, 3.8) is 0 Å². The van der Waals surface area contributed by atoms with Crippen LogP contribution >= 0.6 is 11.6 Å². The molecule has 0 saturated carbocycles. The molecule has 0 aliphatic heterocycles. The molecule has 0 aliphatic rings. The van der Waals surface area contributed by atoms with Crippen LogP contribution in [0.1, 0.15) is 18.9 Å². The van der Waals surface area contributed by atoms with Crippen molar-refractivity contribution >= 4 is 17.6 Å². The van der Waals surface area contributed by atoms with Crippen molar-refractivity contribution in [2.24, 2.45) is 4.99 Å². The normalized spacial score (nSPS) is 11.3. The largest absolute Gasteiger partial charge is 0.493 e. The van der Waals surface area contributed by atoms with Gasteiger partial charge in [0.1, 0.15) is 0 Å². The number of benzene rings is 1. The van der Waals surface area contributed by atoms with Crippen LogP contribution in [0.5, 0.6) is 11.5 Å². The SMILES string of the molecule is CCOc1c(Cl)cc(CNC(=NC)NCCCOCCOC)cc1OC. The molecule has 2 N–H and O–H groups in total. The predicted octanol–water partition coefficient (Wildman–Crippen LogP) is 2.47. The number of guanidine groups is 1. The first-order valence-electron chi connectivity index (χ1n) is 8.66. The summed E-state index contributed by atoms with van der Waals surface area (Å²) < 4.78 is 21.2. The Labute approximate surface area is 161 Å². The van der Waals surface area contributed by atoms with Gasteiger partial charge in [-0.3, -0.25) is 4.99 Å². The third-order valence-electron chi connectivity index (χ3n) is 3.45. The van der Waals surface area contributed by atoms with Crippen LogP contribution in [0.2, 0.25) is 5.02 Å². The average molecular weight is 388 g/mol. The van der Waals surface area contributed by atoms with E-state index in [1.165, 1.54) is 0 Å². The minimum Gasteiger partial charge on any atom is -0.493 e. The molecule has 0 spiro atoms. The van der Waals surface area contributed by atoms with Gasteiger partial charge in [0.05, 0.1) is 32.0 Å². The summed E-state index contributed by atoms with van der Waals surface area (Å²) >= 11 is 6.29. The Morgan fingerprint density at radius 2 is 1.96 bits per heavy atom. The molecule has 0 unspecified atom stereocenters. The molecule has 0 fully saturated rings. The second-order valence-corrected chi connectivity index (χ2v) is 5.76. The Morgan fingerprint density at radius 3 is 2.62 bits per heavy atom. The molecule has 7 nitrogen and oxygen atoms in total. The van der Waals surface area contributed by atoms with Crippen molar-refractivity contribution in [3.05, 3.63) is 22.7 Å². The molecule has 1 aromatic rings. The van der Waals surface area contributed by atoms with Crippen molar-refractivity contribution in [2.75, 3.05) is 54.2 Å². The van der Waals surface area contributed by atoms with E-state index in [0.29, 0.717) is 55.5 Å². The highest BCUT2D eigenvalue weighted by Crippen LogP contribution is 2.36. The summed E-state index contributed by atoms with van der Waals surface area (Å²) in [6, 6.07) is 3.76. The van der Waals surface area contributed by atoms with E-state index in [1.807, 2.05) is 19.1 Å². The first kappa shape index (κ1) is 22.3. The van der Waals surface area contributed by atoms with Gasteiger partial charge in [-0.1, -0.05) is 11.6 Å². The molecular formula is C18H30ClN3O4. The minimum atomic E-state index is 0.527. The lowest BCUT2D eigenvalue weighted by molar-refractivity contribution is 0.0698. The van der Waals surface area contributed by atoms with E-state index in [0.717, 1.165) is 18.5 Å². The van der Waals surface area contributed by atoms with Crippen LogP contribution in [0.4, 0.5) is 0 Å². The summed E-state index contributed by atoms with van der Waals surface area (Å²) in [5, 5.41) is 7.02. The molecule has 1 rings (SSSR count). The molecule has 26 heavy (non-hydrogen) atoms. The molecule has 148 valence electrons. The quantitative estimate of drug-likeness (QED) is 0.326. The van der Waals surface area contributed by atoms with E-state index >= 15 is 0 Å². The van der Waals surface area contributed by atoms with Crippen molar-refractivity contribution in [1.29, 1.82) is 0 Å². The van der Waals surface area contributed by atoms with Crippen LogP contribution in [0.15, 0.2) is 17.1 Å². The monoisotopic (exact) mass is 387 g/mol. The Kier molecular flexibility index (Phi) is 11.6. The summed E-state index contributed by atoms with van der Waals surface area (Å²) in [7, 11) is 4.99. The molecule has 1 aromatic carbocycles. The lowest BCUT2D eigenvalue weighted by atomic mass is 10.2. The third-order valence-corrected chi connectivity index (χ3v) is 3.73. The van der Waals surface area contributed by atoms with Gasteiger partial charge in [-0.15, -0.1) is 0 Å². The lowest BCUT2D eigenvalue weighted by Crippen LogP contribution is -2.37. The van der Waals surface area contributed by atoms with Crippen LogP contribution < -0.4 is 20.1 Å². The number of methoxy groups -OCH3 is 2. The topological polar surface area (TPSA) is 73.3 Å². The number of hydrogen-bond acceptors (Lipinski definition) is 5. The van der Waals surface area contributed by atoms with Gasteiger partial charge in [0.2, 0.25) is 0 Å². The Balaban J connectivity index is 2.44. The number of rotatable bonds is 12. The van der Waals surface area contributed by atoms with Gasteiger partial charge in [0, 0.05) is 33.9 Å². The Bertz CT molecular complexity index is 555. The van der Waals surface area contributed by atoms with Gasteiger partial charge in [0.15, 0.2) is 17.5 Å². The maximum absolute atomic E-state index is 6.29. The first-order valence-corrected chi connectivity index (χ1v) is 9.04. The summed E-state index contributed by atoms with van der Waals surface area (Å²) in [5.41, 5.74) is 0.973. The van der Waals surface area contributed by atoms with Gasteiger partial charge >= 0.3 is 0 Å². The van der Waals surface area contributed by atoms with Crippen molar-refractivity contribution in [1.82, 2.24) is 10.6 Å². The zero-order chi connectivity index (χ0) is 19.2. The van der Waals surface area contributed by atoms with Crippen LogP contribution in [0.25, 0.3) is 0 Å². The molecule has 0 radical (unpaired) electrons. The second-order valence-electron chi connectivity index (χ2n) is 5.35. The lowest BCUT2D eigenvalue weighted by Gasteiger charge is -2.15. The number of hydrogen-bond donors (Lipinski definition) is 2. The molecule has 0 amide bonds. The van der Waals surface area contributed by atoms with Gasteiger partial charge in [-0.2, -0.15) is 0 Å². The summed E-state index contributed by atoms with van der Waals surface area (Å²) in [6.45, 7) is 5.67. The maximum Gasteiger partial charge on any atom is 0.191 e. The molecular weight excluding hydrogens is 358 g/mol. The van der Waals surface area contributed by atoms with Gasteiger partial charge in [-0.05, 0) is 31.0 Å². The van der Waals surface area contributed by atoms with Crippen LogP contribution in [-0.2, 0) is 16.0 Å². The van der Waals surface area contributed by atoms with E-state index < -0.39 is 0 Å². The molecule has 0 atom stereocenters. The number of nitrogens with one attached hydrogen (secondary N) is 2. The van der Waals surface area contributed by atoms with Crippen LogP contribution in [-0.4, -0.2) is 60.2 Å². The molecule has 0 heterocycles. The Hall–Kier alpha value is -1.70. The number of nitrogens with zero attached hydrogens (tertiary/aromatic N) is 1. The third kappa shape index (κ3) is 8.12. The molecule has 8 heteroatoms. The number of halogens is 1. The summed E-state index contributed by atoms with van der Waals surface area (Å²) in [6.07, 6.45) is 0.882. The fourth-order valence-corrected chi connectivity index (χ4v) is 2.48. The maximum atomic E-state index is 6.29. The van der Waals surface area contributed by atoms with E-state index in [4.69, 9.17) is 30.5 Å². The molecule has 0 bridgehead atoms. The fourth-order valence-electron chi connectivity index (χ4n) is 2.19. The van der Waals surface area contributed by atoms with Gasteiger partial charge < -0.3 is 29.6 Å². The van der Waals surface area contributed by atoms with E-state index in [9.17, 15) is 0 Å². The van der Waals surface area contributed by atoms with E-state index in [-0.39, 0.29) is 0 Å². The van der Waals surface area contributed by atoms with E-state index in [1.54, 1.807) is 21.3 Å². The predicted molar refractivity (Wildman–Crippen MR) is 105 cm³/mol. The van der Waals surface area contributed by atoms with Crippen LogP contribution in [0.3, 0.4) is 0 Å². The zero-order valence-electron chi connectivity index (χ0n) is 16.1. The van der Waals surface area contributed by atoms with Gasteiger partial charge in [0.25, 0.3) is 0 Å². The smallest absolute Gasteiger partial charge is 0.191 e. The average Bonchev–Trinajstić information content (AvgIpc) is 2.65. The van der Waals surface area contributed by atoms with Crippen molar-refractivity contribution in [3.8, 4) is 11.5 Å². The van der Waals surface area contributed by atoms with E-state index in [2.05, 4.69) is 15.6 Å². The summed E-state index contributed by atoms with van der Waals surface area (Å²) in [5.74, 6) is 1.90. The fraction of sp³-hybridized carbons (Fsp3) is 0.611. The molecule has 0 aliphatic carbocycles. The van der Waals surface area contributed by atoms with Crippen molar-refractivity contribution in [2.45, 2.75) is 19.9 Å². The standard InChI is InChI=1S/C18H30ClN3O4/c1-5-26-17-15(19)11-14(12-16(17)24-4)13-22-18(20-2)21-7-6-8-25-10-9-23-3/h11-12H,5-10,13H2,1-4H3,(H2,20,21,22). The number of ether oxygens (including phenoxy) is 4. The van der Waals surface area contributed by atoms with Crippen molar-refractivity contribution < 1.29 is 18.9 Å². The zero-order valence-corrected chi connectivity index (χ0v) is 16.8. The minimum absolute atomic E-state index is 0.527. The number of aliphatic imine (C=N–C) groups is 1.